The van der Waals surface area contributed by atoms with Crippen molar-refractivity contribution in [3.63, 3.8) is 0 Å². The molecule has 6 nitrogen and oxygen atoms in total. The molecule has 0 aromatic heterocycles. The van der Waals surface area contributed by atoms with E-state index < -0.39 is 21.5 Å². The first-order valence-electron chi connectivity index (χ1n) is 8.30. The van der Waals surface area contributed by atoms with Crippen LogP contribution >= 0.6 is 24.0 Å². The zero-order valence-electron chi connectivity index (χ0n) is 15.9. The Morgan fingerprint density at radius 2 is 1.69 bits per heavy atom. The van der Waals surface area contributed by atoms with E-state index in [9.17, 15) is 17.2 Å². The highest BCUT2D eigenvalue weighted by molar-refractivity contribution is 14.0. The predicted octanol–water partition coefficient (Wildman–Crippen LogP) is 2.86. The average molecular weight is 534 g/mol. The molecule has 2 N–H and O–H groups in total. The third-order valence-corrected chi connectivity index (χ3v) is 4.72. The van der Waals surface area contributed by atoms with Crippen molar-refractivity contribution in [1.82, 2.24) is 10.6 Å². The number of aliphatic imine (C=N–C) groups is 1. The topological polar surface area (TPSA) is 94.3 Å². The minimum Gasteiger partial charge on any atom is -0.352 e. The van der Waals surface area contributed by atoms with E-state index in [4.69, 9.17) is 5.26 Å². The van der Waals surface area contributed by atoms with Gasteiger partial charge in [0.1, 0.15) is 11.6 Å². The first-order valence-corrected chi connectivity index (χ1v) is 10.4. The number of hydrogen-bond donors (Lipinski definition) is 2. The molecule has 0 aliphatic rings. The van der Waals surface area contributed by atoms with Crippen molar-refractivity contribution in [3.8, 4) is 6.07 Å². The van der Waals surface area contributed by atoms with Gasteiger partial charge in [-0.3, -0.25) is 4.99 Å². The number of nitrogens with one attached hydrogen (secondary N) is 2. The van der Waals surface area contributed by atoms with Gasteiger partial charge >= 0.3 is 0 Å². The maximum Gasteiger partial charge on any atom is 0.191 e. The second kappa shape index (κ2) is 11.1. The molecule has 0 bridgehead atoms. The average Bonchev–Trinajstić information content (AvgIpc) is 2.63. The lowest BCUT2D eigenvalue weighted by Gasteiger charge is -2.14. The molecule has 0 saturated heterocycles. The van der Waals surface area contributed by atoms with Crippen LogP contribution in [0.5, 0.6) is 0 Å². The molecule has 0 unspecified atom stereocenters. The summed E-state index contributed by atoms with van der Waals surface area (Å²) in [6.45, 7) is 0.259. The Bertz CT molecular complexity index is 1040. The Morgan fingerprint density at radius 1 is 1.07 bits per heavy atom. The standard InChI is InChI=1S/C19H20F2N4O2S.HI/c1-23-19(24-10-14-4-3-13(9-22)7-18(14)21)25-11-16-8-17(20)6-5-15(16)12-28(2,26)27;/h3-8H,10-12H2,1-2H3,(H2,23,24,25);1H. The molecule has 2 rings (SSSR count). The highest BCUT2D eigenvalue weighted by Gasteiger charge is 2.11. The van der Waals surface area contributed by atoms with Gasteiger partial charge in [0.05, 0.1) is 17.4 Å². The maximum atomic E-state index is 13.9. The Kier molecular flexibility index (Phi) is 9.45. The van der Waals surface area contributed by atoms with Gasteiger partial charge in [-0.15, -0.1) is 24.0 Å². The van der Waals surface area contributed by atoms with Crippen LogP contribution in [0.2, 0.25) is 0 Å². The zero-order chi connectivity index (χ0) is 20.7. The van der Waals surface area contributed by atoms with E-state index in [0.29, 0.717) is 22.6 Å². The summed E-state index contributed by atoms with van der Waals surface area (Å²) in [5, 5.41) is 14.6. The van der Waals surface area contributed by atoms with Crippen molar-refractivity contribution in [2.24, 2.45) is 4.99 Å². The Labute approximate surface area is 186 Å². The fourth-order valence-electron chi connectivity index (χ4n) is 2.52. The van der Waals surface area contributed by atoms with Crippen LogP contribution in [0.3, 0.4) is 0 Å². The van der Waals surface area contributed by atoms with Gasteiger partial charge in [-0.25, -0.2) is 17.2 Å². The van der Waals surface area contributed by atoms with E-state index >= 15 is 0 Å². The monoisotopic (exact) mass is 534 g/mol. The molecule has 29 heavy (non-hydrogen) atoms. The minimum atomic E-state index is -3.27. The van der Waals surface area contributed by atoms with Crippen LogP contribution in [-0.2, 0) is 28.7 Å². The normalized spacial score (nSPS) is 11.3. The van der Waals surface area contributed by atoms with Gasteiger partial charge in [0, 0.05) is 32.0 Å². The largest absolute Gasteiger partial charge is 0.352 e. The lowest BCUT2D eigenvalue weighted by atomic mass is 10.1. The molecule has 0 saturated carbocycles. The lowest BCUT2D eigenvalue weighted by molar-refractivity contribution is 0.599. The summed E-state index contributed by atoms with van der Waals surface area (Å²) in [4.78, 5) is 4.02. The number of nitrogens with zero attached hydrogens (tertiary/aromatic N) is 2. The van der Waals surface area contributed by atoms with Crippen molar-refractivity contribution in [1.29, 1.82) is 5.26 Å². The summed E-state index contributed by atoms with van der Waals surface area (Å²) in [6.07, 6.45) is 1.11. The molecule has 0 radical (unpaired) electrons. The van der Waals surface area contributed by atoms with Crippen molar-refractivity contribution in [2.45, 2.75) is 18.8 Å². The van der Waals surface area contributed by atoms with Gasteiger partial charge in [0.2, 0.25) is 0 Å². The Morgan fingerprint density at radius 3 is 2.24 bits per heavy atom. The summed E-state index contributed by atoms with van der Waals surface area (Å²) in [7, 11) is -1.75. The number of benzene rings is 2. The van der Waals surface area contributed by atoms with Gasteiger partial charge in [-0.05, 0) is 35.4 Å². The second-order valence-corrected chi connectivity index (χ2v) is 8.32. The van der Waals surface area contributed by atoms with Crippen molar-refractivity contribution >= 4 is 39.8 Å². The van der Waals surface area contributed by atoms with Crippen LogP contribution in [0.1, 0.15) is 22.3 Å². The summed E-state index contributed by atoms with van der Waals surface area (Å²) in [5.74, 6) is -0.857. The van der Waals surface area contributed by atoms with Gasteiger partial charge in [0.25, 0.3) is 0 Å². The molecule has 2 aromatic rings. The highest BCUT2D eigenvalue weighted by Crippen LogP contribution is 2.14. The molecule has 0 fully saturated rings. The van der Waals surface area contributed by atoms with E-state index in [-0.39, 0.29) is 48.4 Å². The third-order valence-electron chi connectivity index (χ3n) is 3.88. The van der Waals surface area contributed by atoms with Crippen molar-refractivity contribution < 1.29 is 17.2 Å². The van der Waals surface area contributed by atoms with Crippen LogP contribution in [0, 0.1) is 23.0 Å². The van der Waals surface area contributed by atoms with Crippen molar-refractivity contribution in [3.05, 3.63) is 70.3 Å². The molecule has 10 heteroatoms. The van der Waals surface area contributed by atoms with Crippen LogP contribution in [-0.4, -0.2) is 27.7 Å². The molecule has 2 aromatic carbocycles. The summed E-state index contributed by atoms with van der Waals surface area (Å²) < 4.78 is 50.6. The second-order valence-electron chi connectivity index (χ2n) is 6.18. The molecule has 0 aliphatic heterocycles. The number of hydrogen-bond acceptors (Lipinski definition) is 4. The number of guanidine groups is 1. The first kappa shape index (κ1) is 24.8. The van der Waals surface area contributed by atoms with Gasteiger partial charge in [-0.1, -0.05) is 12.1 Å². The molecular weight excluding hydrogens is 513 g/mol. The van der Waals surface area contributed by atoms with E-state index in [0.717, 1.165) is 12.3 Å². The molecule has 0 amide bonds. The SMILES string of the molecule is CN=C(NCc1ccc(C#N)cc1F)NCc1cc(F)ccc1CS(C)(=O)=O.I. The zero-order valence-corrected chi connectivity index (χ0v) is 19.0. The molecule has 0 heterocycles. The smallest absolute Gasteiger partial charge is 0.191 e. The number of sulfone groups is 1. The summed E-state index contributed by atoms with van der Waals surface area (Å²) >= 11 is 0. The summed E-state index contributed by atoms with van der Waals surface area (Å²) in [5.41, 5.74) is 1.56. The quantitative estimate of drug-likeness (QED) is 0.338. The minimum absolute atomic E-state index is 0. The Balaban J connectivity index is 0.00000420. The number of rotatable bonds is 6. The van der Waals surface area contributed by atoms with E-state index in [1.807, 2.05) is 6.07 Å². The van der Waals surface area contributed by atoms with E-state index in [1.165, 1.54) is 37.4 Å². The highest BCUT2D eigenvalue weighted by atomic mass is 127. The summed E-state index contributed by atoms with van der Waals surface area (Å²) in [6, 6.07) is 9.95. The fourth-order valence-corrected chi connectivity index (χ4v) is 3.37. The molecule has 0 spiro atoms. The van der Waals surface area contributed by atoms with Gasteiger partial charge in [-0.2, -0.15) is 5.26 Å². The maximum absolute atomic E-state index is 13.9. The van der Waals surface area contributed by atoms with Crippen LogP contribution in [0.4, 0.5) is 8.78 Å². The Hall–Kier alpha value is -2.26. The van der Waals surface area contributed by atoms with Gasteiger partial charge in [0.15, 0.2) is 15.8 Å². The molecule has 156 valence electrons. The van der Waals surface area contributed by atoms with Crippen molar-refractivity contribution in [2.75, 3.05) is 13.3 Å². The fraction of sp³-hybridized carbons (Fsp3) is 0.263. The lowest BCUT2D eigenvalue weighted by Crippen LogP contribution is -2.36. The molecular formula is C19H21F2IN4O2S. The third kappa shape index (κ3) is 7.94. The van der Waals surface area contributed by atoms with E-state index in [1.54, 1.807) is 0 Å². The van der Waals surface area contributed by atoms with Crippen LogP contribution in [0.15, 0.2) is 41.4 Å². The predicted molar refractivity (Wildman–Crippen MR) is 119 cm³/mol. The van der Waals surface area contributed by atoms with Crippen LogP contribution < -0.4 is 10.6 Å². The van der Waals surface area contributed by atoms with Gasteiger partial charge < -0.3 is 10.6 Å². The molecule has 0 atom stereocenters. The van der Waals surface area contributed by atoms with E-state index in [2.05, 4.69) is 15.6 Å². The number of nitriles is 1. The first-order chi connectivity index (χ1) is 13.2. The molecule has 0 aliphatic carbocycles. The number of halogens is 3. The van der Waals surface area contributed by atoms with Crippen LogP contribution in [0.25, 0.3) is 0 Å².